The standard InChI is InChI=1S/C42H53F2N11O6/c1-50(16-5-21-60-20-4-7-28-6-3-8-32-37(28)51(2)42(59)55(32)33-13-14-35(56)48-41(33)58)25-27-9-11-29(12-10-27)54-26-31(36(49-54)38(43)44)46-40(57)30-24-45-53-17-15-34(47-39(30)53)52-18-22-61-23-19-52/h3,6,8,15,17,24,26-27,29,33,38H,4-5,7,9-14,16,18-23,25H2,1-2H3,(H,46,57)(H,48,56,58). The normalized spacial score (nSPS) is 20.0. The summed E-state index contributed by atoms with van der Waals surface area (Å²) < 4.78 is 46.0. The first kappa shape index (κ1) is 42.2. The summed E-state index contributed by atoms with van der Waals surface area (Å²) in [5.74, 6) is -0.180. The fraction of sp³-hybridized carbons (Fsp3) is 0.548. The van der Waals surface area contributed by atoms with Crippen molar-refractivity contribution < 1.29 is 32.6 Å². The van der Waals surface area contributed by atoms with E-state index in [0.717, 1.165) is 62.7 Å². The number of hydrogen-bond donors (Lipinski definition) is 2. The van der Waals surface area contributed by atoms with Crippen LogP contribution in [-0.2, 0) is 32.5 Å². The second-order valence-corrected chi connectivity index (χ2v) is 16.3. The number of rotatable bonds is 16. The van der Waals surface area contributed by atoms with Crippen LogP contribution in [0.3, 0.4) is 0 Å². The number of carbonyl (C=O) groups excluding carboxylic acids is 3. The molecule has 61 heavy (non-hydrogen) atoms. The van der Waals surface area contributed by atoms with Crippen molar-refractivity contribution in [2.24, 2.45) is 13.0 Å². The van der Waals surface area contributed by atoms with Gasteiger partial charge in [-0.2, -0.15) is 10.2 Å². The molecule has 8 rings (SSSR count). The van der Waals surface area contributed by atoms with E-state index in [1.54, 1.807) is 22.5 Å². The molecule has 1 atom stereocenters. The van der Waals surface area contributed by atoms with E-state index >= 15 is 0 Å². The van der Waals surface area contributed by atoms with Crippen molar-refractivity contribution in [2.75, 3.05) is 69.9 Å². The summed E-state index contributed by atoms with van der Waals surface area (Å²) in [4.78, 5) is 60.0. The monoisotopic (exact) mass is 845 g/mol. The minimum atomic E-state index is -2.86. The Balaban J connectivity index is 0.768. The van der Waals surface area contributed by atoms with Crippen molar-refractivity contribution in [1.82, 2.24) is 43.7 Å². The van der Waals surface area contributed by atoms with E-state index in [-0.39, 0.29) is 35.3 Å². The van der Waals surface area contributed by atoms with E-state index in [2.05, 4.69) is 42.7 Å². The summed E-state index contributed by atoms with van der Waals surface area (Å²) >= 11 is 0. The number of amides is 3. The molecule has 326 valence electrons. The summed E-state index contributed by atoms with van der Waals surface area (Å²) in [6.07, 6.45) is 8.10. The van der Waals surface area contributed by atoms with Gasteiger partial charge in [0.25, 0.3) is 12.3 Å². The van der Waals surface area contributed by atoms with Crippen LogP contribution in [0.2, 0.25) is 0 Å². The third kappa shape index (κ3) is 9.23. The highest BCUT2D eigenvalue weighted by Crippen LogP contribution is 2.35. The number of para-hydroxylation sites is 1. The number of imidazole rings is 1. The van der Waals surface area contributed by atoms with Crippen molar-refractivity contribution in [3.63, 3.8) is 0 Å². The SMILES string of the molecule is CN(CCCOCCCc1cccc2c1n(C)c(=O)n2C1CCC(=O)NC1=O)CC1CCC(n2cc(NC(=O)c3cnn4ccc(N5CCOCC5)nc34)c(C(F)F)n2)CC1. The van der Waals surface area contributed by atoms with Gasteiger partial charge in [0.05, 0.1) is 42.2 Å². The van der Waals surface area contributed by atoms with Crippen molar-refractivity contribution >= 4 is 45.9 Å². The van der Waals surface area contributed by atoms with E-state index in [1.807, 2.05) is 24.3 Å². The maximum atomic E-state index is 14.2. The highest BCUT2D eigenvalue weighted by molar-refractivity contribution is 6.08. The van der Waals surface area contributed by atoms with Gasteiger partial charge in [0, 0.05) is 65.3 Å². The molecule has 1 aliphatic carbocycles. The molecule has 17 nitrogen and oxygen atoms in total. The van der Waals surface area contributed by atoms with Crippen LogP contribution < -0.4 is 21.2 Å². The number of ether oxygens (including phenoxy) is 2. The first-order chi connectivity index (χ1) is 29.5. The number of morpholine rings is 1. The van der Waals surface area contributed by atoms with Gasteiger partial charge in [-0.05, 0) is 82.0 Å². The molecule has 1 unspecified atom stereocenters. The summed E-state index contributed by atoms with van der Waals surface area (Å²) in [5.41, 5.74) is 2.25. The molecule has 0 radical (unpaired) electrons. The van der Waals surface area contributed by atoms with E-state index in [1.165, 1.54) is 21.5 Å². The van der Waals surface area contributed by atoms with Crippen LogP contribution in [0.15, 0.2) is 47.7 Å². The van der Waals surface area contributed by atoms with Crippen molar-refractivity contribution in [3.8, 4) is 0 Å². The van der Waals surface area contributed by atoms with Crippen LogP contribution in [0.4, 0.5) is 20.3 Å². The van der Waals surface area contributed by atoms with Crippen LogP contribution >= 0.6 is 0 Å². The highest BCUT2D eigenvalue weighted by atomic mass is 19.3. The Morgan fingerprint density at radius 2 is 1.85 bits per heavy atom. The third-order valence-corrected chi connectivity index (χ3v) is 12.2. The Bertz CT molecular complexity index is 2430. The number of imide groups is 1. The fourth-order valence-electron chi connectivity index (χ4n) is 9.01. The number of halogens is 2. The van der Waals surface area contributed by atoms with Gasteiger partial charge in [0.1, 0.15) is 17.4 Å². The number of benzene rings is 1. The number of alkyl halides is 2. The van der Waals surface area contributed by atoms with E-state index < -0.39 is 30.0 Å². The van der Waals surface area contributed by atoms with Crippen LogP contribution in [0.25, 0.3) is 16.7 Å². The molecule has 2 aliphatic heterocycles. The van der Waals surface area contributed by atoms with Gasteiger partial charge in [-0.15, -0.1) is 0 Å². The lowest BCUT2D eigenvalue weighted by atomic mass is 9.86. The van der Waals surface area contributed by atoms with Gasteiger partial charge in [-0.1, -0.05) is 12.1 Å². The lowest BCUT2D eigenvalue weighted by Gasteiger charge is -2.31. The van der Waals surface area contributed by atoms with Crippen LogP contribution in [-0.4, -0.2) is 116 Å². The molecule has 3 amide bonds. The quantitative estimate of drug-likeness (QED) is 0.107. The number of anilines is 2. The molecular weight excluding hydrogens is 793 g/mol. The van der Waals surface area contributed by atoms with Gasteiger partial charge < -0.3 is 24.6 Å². The lowest BCUT2D eigenvalue weighted by molar-refractivity contribution is -0.135. The van der Waals surface area contributed by atoms with Gasteiger partial charge in [-0.3, -0.25) is 33.5 Å². The minimum Gasteiger partial charge on any atom is -0.381 e. The second-order valence-electron chi connectivity index (χ2n) is 16.3. The summed E-state index contributed by atoms with van der Waals surface area (Å²) in [5, 5.41) is 13.5. The molecule has 0 spiro atoms. The Labute approximate surface area is 351 Å². The third-order valence-electron chi connectivity index (χ3n) is 12.2. The molecule has 0 bridgehead atoms. The molecule has 6 heterocycles. The number of hydrogen-bond acceptors (Lipinski definition) is 11. The van der Waals surface area contributed by atoms with Crippen LogP contribution in [0, 0.1) is 5.92 Å². The molecule has 1 aromatic carbocycles. The number of aryl methyl sites for hydroxylation is 2. The first-order valence-electron chi connectivity index (χ1n) is 21.2. The number of nitrogens with zero attached hydrogens (tertiary/aromatic N) is 9. The summed E-state index contributed by atoms with van der Waals surface area (Å²) in [6, 6.07) is 6.80. The van der Waals surface area contributed by atoms with Crippen molar-refractivity contribution in [3.05, 3.63) is 70.2 Å². The number of fused-ring (bicyclic) bond motifs is 2. The Morgan fingerprint density at radius 1 is 1.07 bits per heavy atom. The largest absolute Gasteiger partial charge is 0.381 e. The maximum Gasteiger partial charge on any atom is 0.329 e. The molecule has 3 fully saturated rings. The van der Waals surface area contributed by atoms with Crippen LogP contribution in [0.1, 0.15) is 91.5 Å². The smallest absolute Gasteiger partial charge is 0.329 e. The Kier molecular flexibility index (Phi) is 12.9. The molecule has 3 aliphatic rings. The molecule has 1 saturated carbocycles. The molecule has 19 heteroatoms. The Morgan fingerprint density at radius 3 is 2.62 bits per heavy atom. The second kappa shape index (κ2) is 18.6. The molecule has 2 saturated heterocycles. The van der Waals surface area contributed by atoms with Gasteiger partial charge in [-0.25, -0.2) is 23.1 Å². The molecule has 2 N–H and O–H groups in total. The average Bonchev–Trinajstić information content (AvgIpc) is 3.95. The van der Waals surface area contributed by atoms with Gasteiger partial charge in [0.2, 0.25) is 11.8 Å². The zero-order chi connectivity index (χ0) is 42.6. The average molecular weight is 846 g/mol. The number of aromatic nitrogens is 7. The number of nitrogens with one attached hydrogen (secondary N) is 2. The molecular formula is C42H53F2N11O6. The summed E-state index contributed by atoms with van der Waals surface area (Å²) in [7, 11) is 3.82. The van der Waals surface area contributed by atoms with Crippen LogP contribution in [0.5, 0.6) is 0 Å². The number of carbonyl (C=O) groups is 3. The highest BCUT2D eigenvalue weighted by Gasteiger charge is 2.32. The molecule has 4 aromatic heterocycles. The zero-order valence-corrected chi connectivity index (χ0v) is 34.6. The minimum absolute atomic E-state index is 0.0150. The zero-order valence-electron chi connectivity index (χ0n) is 34.6. The van der Waals surface area contributed by atoms with E-state index in [4.69, 9.17) is 9.47 Å². The van der Waals surface area contributed by atoms with Crippen molar-refractivity contribution in [2.45, 2.75) is 76.3 Å². The predicted molar refractivity (Wildman–Crippen MR) is 222 cm³/mol. The van der Waals surface area contributed by atoms with Gasteiger partial charge in [0.15, 0.2) is 11.3 Å². The predicted octanol–water partition coefficient (Wildman–Crippen LogP) is 4.29. The maximum absolute atomic E-state index is 14.2. The van der Waals surface area contributed by atoms with Gasteiger partial charge >= 0.3 is 5.69 Å². The fourth-order valence-corrected chi connectivity index (χ4v) is 9.01. The summed E-state index contributed by atoms with van der Waals surface area (Å²) in [6.45, 7) is 5.53. The Hall–Kier alpha value is -5.53. The first-order valence-corrected chi connectivity index (χ1v) is 21.2. The topological polar surface area (TPSA) is 175 Å². The molecule has 5 aromatic rings. The van der Waals surface area contributed by atoms with E-state index in [9.17, 15) is 28.0 Å². The number of piperidine rings is 1. The van der Waals surface area contributed by atoms with Crippen molar-refractivity contribution in [1.29, 1.82) is 0 Å². The van der Waals surface area contributed by atoms with E-state index in [0.29, 0.717) is 75.3 Å². The lowest BCUT2D eigenvalue weighted by Crippen LogP contribution is -2.44.